The zero-order chi connectivity index (χ0) is 9.73. The van der Waals surface area contributed by atoms with E-state index >= 15 is 0 Å². The fraction of sp³-hybridized carbons (Fsp3) is 0.500. The SMILES string of the molecule is CCCC=CC1=CC=C[N+](C)(C)C1. The highest BCUT2D eigenvalue weighted by Crippen LogP contribution is 2.13. The molecule has 1 nitrogen and oxygen atoms in total. The van der Waals surface area contributed by atoms with Crippen LogP contribution in [0.2, 0.25) is 0 Å². The van der Waals surface area contributed by atoms with Crippen LogP contribution in [0.3, 0.4) is 0 Å². The van der Waals surface area contributed by atoms with Gasteiger partial charge < -0.3 is 0 Å². The summed E-state index contributed by atoms with van der Waals surface area (Å²) in [6, 6.07) is 0. The molecule has 0 unspecified atom stereocenters. The van der Waals surface area contributed by atoms with E-state index < -0.39 is 0 Å². The van der Waals surface area contributed by atoms with Crippen molar-refractivity contribution >= 4 is 0 Å². The minimum atomic E-state index is 0.961. The lowest BCUT2D eigenvalue weighted by Gasteiger charge is -2.27. The van der Waals surface area contributed by atoms with E-state index in [0.717, 1.165) is 11.0 Å². The molecular weight excluding hydrogens is 158 g/mol. The van der Waals surface area contributed by atoms with Crippen molar-refractivity contribution in [2.75, 3.05) is 20.6 Å². The van der Waals surface area contributed by atoms with Gasteiger partial charge in [-0.05, 0) is 18.6 Å². The van der Waals surface area contributed by atoms with E-state index in [1.165, 1.54) is 18.4 Å². The van der Waals surface area contributed by atoms with Gasteiger partial charge in [-0.1, -0.05) is 25.5 Å². The maximum absolute atomic E-state index is 2.27. The van der Waals surface area contributed by atoms with E-state index in [1.807, 2.05) is 0 Å². The van der Waals surface area contributed by atoms with Gasteiger partial charge in [0.1, 0.15) is 6.54 Å². The van der Waals surface area contributed by atoms with Crippen LogP contribution in [0, 0.1) is 0 Å². The van der Waals surface area contributed by atoms with Crippen molar-refractivity contribution < 1.29 is 4.48 Å². The number of nitrogens with zero attached hydrogens (tertiary/aromatic N) is 1. The Morgan fingerprint density at radius 2 is 2.23 bits per heavy atom. The molecule has 0 aromatic rings. The van der Waals surface area contributed by atoms with Crippen LogP contribution in [-0.2, 0) is 0 Å². The molecular formula is C12H20N+. The molecule has 0 radical (unpaired) electrons. The summed E-state index contributed by atoms with van der Waals surface area (Å²) in [6.45, 7) is 3.32. The van der Waals surface area contributed by atoms with Crippen molar-refractivity contribution in [1.29, 1.82) is 0 Å². The fourth-order valence-corrected chi connectivity index (χ4v) is 1.49. The monoisotopic (exact) mass is 178 g/mol. The summed E-state index contributed by atoms with van der Waals surface area (Å²) >= 11 is 0. The number of hydrogen-bond donors (Lipinski definition) is 0. The highest BCUT2D eigenvalue weighted by molar-refractivity contribution is 5.25. The average Bonchev–Trinajstić information content (AvgIpc) is 2.03. The molecule has 13 heavy (non-hydrogen) atoms. The highest BCUT2D eigenvalue weighted by atomic mass is 15.3. The third kappa shape index (κ3) is 3.60. The predicted molar refractivity (Wildman–Crippen MR) is 58.2 cm³/mol. The number of hydrogen-bond acceptors (Lipinski definition) is 0. The molecule has 0 aliphatic carbocycles. The van der Waals surface area contributed by atoms with E-state index in [2.05, 4.69) is 51.5 Å². The second-order valence-electron chi connectivity index (χ2n) is 4.21. The van der Waals surface area contributed by atoms with Crippen LogP contribution in [0.15, 0.2) is 36.1 Å². The fourth-order valence-electron chi connectivity index (χ4n) is 1.49. The van der Waals surface area contributed by atoms with Crippen LogP contribution in [0.5, 0.6) is 0 Å². The Morgan fingerprint density at radius 1 is 1.46 bits per heavy atom. The van der Waals surface area contributed by atoms with E-state index in [4.69, 9.17) is 0 Å². The minimum Gasteiger partial charge on any atom is -0.298 e. The van der Waals surface area contributed by atoms with Crippen molar-refractivity contribution in [2.45, 2.75) is 19.8 Å². The number of allylic oxidation sites excluding steroid dienone is 3. The number of quaternary nitrogens is 1. The number of likely N-dealkylation sites (N-methyl/N-ethyl adjacent to an activating group) is 1. The van der Waals surface area contributed by atoms with Crippen molar-refractivity contribution in [3.05, 3.63) is 36.1 Å². The standard InChI is InChI=1S/C12H20N/c1-4-5-6-8-12-9-7-10-13(2,3)11-12/h6-10H,4-5,11H2,1-3H3/q+1. The summed E-state index contributed by atoms with van der Waals surface area (Å²) in [5, 5.41) is 0. The molecule has 0 aromatic carbocycles. The molecule has 0 saturated heterocycles. The molecule has 0 fully saturated rings. The summed E-state index contributed by atoms with van der Waals surface area (Å²) in [5.41, 5.74) is 1.43. The van der Waals surface area contributed by atoms with Gasteiger partial charge in [0.25, 0.3) is 0 Å². The Hall–Kier alpha value is -0.820. The van der Waals surface area contributed by atoms with Crippen LogP contribution >= 0.6 is 0 Å². The van der Waals surface area contributed by atoms with E-state index in [0.29, 0.717) is 0 Å². The smallest absolute Gasteiger partial charge is 0.108 e. The maximum atomic E-state index is 2.27. The lowest BCUT2D eigenvalue weighted by atomic mass is 10.1. The number of unbranched alkanes of at least 4 members (excludes halogenated alkanes) is 1. The number of rotatable bonds is 3. The Labute approximate surface area is 81.6 Å². The van der Waals surface area contributed by atoms with Gasteiger partial charge in [-0.3, -0.25) is 4.48 Å². The van der Waals surface area contributed by atoms with Crippen LogP contribution in [0.1, 0.15) is 19.8 Å². The van der Waals surface area contributed by atoms with Crippen molar-refractivity contribution in [1.82, 2.24) is 0 Å². The van der Waals surface area contributed by atoms with Gasteiger partial charge >= 0.3 is 0 Å². The molecule has 0 atom stereocenters. The topological polar surface area (TPSA) is 0 Å². The lowest BCUT2D eigenvalue weighted by Crippen LogP contribution is -2.36. The first kappa shape index (κ1) is 10.3. The molecule has 0 aromatic heterocycles. The molecule has 72 valence electrons. The van der Waals surface area contributed by atoms with Gasteiger partial charge in [-0.15, -0.1) is 0 Å². The Morgan fingerprint density at radius 3 is 2.85 bits per heavy atom. The second kappa shape index (κ2) is 4.43. The van der Waals surface area contributed by atoms with Gasteiger partial charge in [-0.25, -0.2) is 0 Å². The van der Waals surface area contributed by atoms with E-state index in [9.17, 15) is 0 Å². The molecule has 1 heterocycles. The molecule has 0 N–H and O–H groups in total. The highest BCUT2D eigenvalue weighted by Gasteiger charge is 2.14. The predicted octanol–water partition coefficient (Wildman–Crippen LogP) is 2.87. The maximum Gasteiger partial charge on any atom is 0.108 e. The van der Waals surface area contributed by atoms with Crippen LogP contribution < -0.4 is 0 Å². The molecule has 0 spiro atoms. The summed E-state index contributed by atoms with van der Waals surface area (Å²) < 4.78 is 0.961. The Balaban J connectivity index is 2.53. The minimum absolute atomic E-state index is 0.961. The van der Waals surface area contributed by atoms with Crippen molar-refractivity contribution in [3.8, 4) is 0 Å². The van der Waals surface area contributed by atoms with Crippen LogP contribution in [0.4, 0.5) is 0 Å². The summed E-state index contributed by atoms with van der Waals surface area (Å²) in [6.07, 6.45) is 13.5. The van der Waals surface area contributed by atoms with Gasteiger partial charge in [0.2, 0.25) is 0 Å². The first-order valence-electron chi connectivity index (χ1n) is 5.02. The largest absolute Gasteiger partial charge is 0.298 e. The molecule has 1 aliphatic heterocycles. The molecule has 1 heteroatoms. The van der Waals surface area contributed by atoms with Gasteiger partial charge in [0.05, 0.1) is 20.3 Å². The summed E-state index contributed by atoms with van der Waals surface area (Å²) in [4.78, 5) is 0. The summed E-state index contributed by atoms with van der Waals surface area (Å²) in [7, 11) is 4.44. The summed E-state index contributed by atoms with van der Waals surface area (Å²) in [5.74, 6) is 0. The van der Waals surface area contributed by atoms with Crippen molar-refractivity contribution in [3.63, 3.8) is 0 Å². The van der Waals surface area contributed by atoms with Crippen molar-refractivity contribution in [2.24, 2.45) is 0 Å². The third-order valence-corrected chi connectivity index (χ3v) is 2.18. The molecule has 1 rings (SSSR count). The Bertz CT molecular complexity index is 244. The zero-order valence-electron chi connectivity index (χ0n) is 8.96. The van der Waals surface area contributed by atoms with Gasteiger partial charge in [-0.2, -0.15) is 0 Å². The quantitative estimate of drug-likeness (QED) is 0.583. The van der Waals surface area contributed by atoms with Gasteiger partial charge in [0, 0.05) is 5.57 Å². The lowest BCUT2D eigenvalue weighted by molar-refractivity contribution is -0.834. The molecule has 0 bridgehead atoms. The Kier molecular flexibility index (Phi) is 3.49. The zero-order valence-corrected chi connectivity index (χ0v) is 8.96. The normalized spacial score (nSPS) is 20.7. The first-order chi connectivity index (χ1) is 6.14. The average molecular weight is 178 g/mol. The van der Waals surface area contributed by atoms with Crippen LogP contribution in [0.25, 0.3) is 0 Å². The second-order valence-corrected chi connectivity index (χ2v) is 4.21. The first-order valence-corrected chi connectivity index (χ1v) is 5.02. The van der Waals surface area contributed by atoms with E-state index in [1.54, 1.807) is 0 Å². The third-order valence-electron chi connectivity index (χ3n) is 2.18. The van der Waals surface area contributed by atoms with Gasteiger partial charge in [0.15, 0.2) is 0 Å². The molecule has 1 aliphatic rings. The van der Waals surface area contributed by atoms with E-state index in [-0.39, 0.29) is 0 Å². The molecule has 0 amide bonds. The molecule has 0 saturated carbocycles. The van der Waals surface area contributed by atoms with Crippen LogP contribution in [-0.4, -0.2) is 25.1 Å².